The molecule has 9 nitrogen and oxygen atoms in total. The molecule has 1 aromatic heterocycles. The Bertz CT molecular complexity index is 1050. The summed E-state index contributed by atoms with van der Waals surface area (Å²) in [6.07, 6.45) is -1.13. The Kier molecular flexibility index (Phi) is 8.01. The van der Waals surface area contributed by atoms with E-state index in [1.807, 2.05) is 6.92 Å². The fourth-order valence-electron chi connectivity index (χ4n) is 5.27. The summed E-state index contributed by atoms with van der Waals surface area (Å²) < 4.78 is 84.0. The normalized spacial score (nSPS) is 30.3. The van der Waals surface area contributed by atoms with E-state index in [9.17, 15) is 26.4 Å². The van der Waals surface area contributed by atoms with Crippen molar-refractivity contribution in [2.24, 2.45) is 0 Å². The van der Waals surface area contributed by atoms with Crippen molar-refractivity contribution in [1.29, 1.82) is 0 Å². The first kappa shape index (κ1) is 26.9. The van der Waals surface area contributed by atoms with Crippen molar-refractivity contribution in [2.45, 2.75) is 81.8 Å². The minimum absolute atomic E-state index is 0.0170. The number of nitrogens with one attached hydrogen (secondary N) is 1. The number of hydrogen-bond acceptors (Lipinski definition) is 7. The van der Waals surface area contributed by atoms with Crippen molar-refractivity contribution in [1.82, 2.24) is 14.6 Å². The molecule has 1 amide bonds. The highest BCUT2D eigenvalue weighted by Gasteiger charge is 2.44. The summed E-state index contributed by atoms with van der Waals surface area (Å²) >= 11 is 0. The van der Waals surface area contributed by atoms with Crippen LogP contribution in [0.3, 0.4) is 0 Å². The second-order valence-corrected chi connectivity index (χ2v) is 11.6. The predicted molar refractivity (Wildman–Crippen MR) is 123 cm³/mol. The summed E-state index contributed by atoms with van der Waals surface area (Å²) in [7, 11) is -3.51. The van der Waals surface area contributed by atoms with Crippen molar-refractivity contribution >= 4 is 16.1 Å². The first-order valence-electron chi connectivity index (χ1n) is 12.2. The summed E-state index contributed by atoms with van der Waals surface area (Å²) in [4.78, 5) is 18.8. The van der Waals surface area contributed by atoms with E-state index in [2.05, 4.69) is 9.71 Å². The average molecular weight is 536 g/mol. The second-order valence-electron chi connectivity index (χ2n) is 9.80. The maximum atomic E-state index is 13.5. The van der Waals surface area contributed by atoms with Gasteiger partial charge in [-0.25, -0.2) is 22.9 Å². The van der Waals surface area contributed by atoms with Crippen LogP contribution in [0, 0.1) is 0 Å². The van der Waals surface area contributed by atoms with E-state index in [0.717, 1.165) is 18.4 Å². The molecule has 1 saturated carbocycles. The Balaban J connectivity index is 1.55. The molecule has 13 heteroatoms. The summed E-state index contributed by atoms with van der Waals surface area (Å²) in [5.41, 5.74) is -0.452. The number of carbonyl (C=O) groups is 1. The van der Waals surface area contributed by atoms with Gasteiger partial charge in [-0.1, -0.05) is 0 Å². The van der Waals surface area contributed by atoms with Gasteiger partial charge < -0.3 is 14.2 Å². The van der Waals surface area contributed by atoms with E-state index in [1.54, 1.807) is 0 Å². The number of amides is 1. The van der Waals surface area contributed by atoms with E-state index >= 15 is 0 Å². The standard InChI is InChI=1S/C23H32F3N3O6S/c1-14-10-19(28-36(2,31)32)20-13-35-17-6-4-15(5-7-17)18-11-16(23(24,25)26)12-21(27-18)33-8-3-9-34-22(30)29(14)20/h11-12,14-15,17,19-20,28H,3-10,13H2,1-2H3. The van der Waals surface area contributed by atoms with Gasteiger partial charge in [0.15, 0.2) is 0 Å². The van der Waals surface area contributed by atoms with E-state index in [-0.39, 0.29) is 50.2 Å². The van der Waals surface area contributed by atoms with E-state index in [4.69, 9.17) is 14.2 Å². The topological polar surface area (TPSA) is 107 Å². The van der Waals surface area contributed by atoms with Gasteiger partial charge in [0.1, 0.15) is 0 Å². The summed E-state index contributed by atoms with van der Waals surface area (Å²) in [6.45, 7) is 1.95. The molecule has 3 unspecified atom stereocenters. The van der Waals surface area contributed by atoms with Crippen LogP contribution in [0.15, 0.2) is 12.1 Å². The zero-order valence-corrected chi connectivity index (χ0v) is 21.1. The number of ether oxygens (including phenoxy) is 3. The number of halogens is 3. The summed E-state index contributed by atoms with van der Waals surface area (Å²) in [6, 6.07) is 0.650. The molecule has 5 rings (SSSR count). The zero-order chi connectivity index (χ0) is 26.1. The Morgan fingerprint density at radius 3 is 2.47 bits per heavy atom. The van der Waals surface area contributed by atoms with Crippen molar-refractivity contribution in [3.8, 4) is 5.88 Å². The molecule has 4 aliphatic rings. The lowest BCUT2D eigenvalue weighted by Gasteiger charge is -2.33. The monoisotopic (exact) mass is 535 g/mol. The summed E-state index contributed by atoms with van der Waals surface area (Å²) in [5.74, 6) is -0.255. The minimum atomic E-state index is -4.52. The van der Waals surface area contributed by atoms with Crippen molar-refractivity contribution in [3.05, 3.63) is 23.4 Å². The molecule has 1 aromatic rings. The maximum Gasteiger partial charge on any atom is 0.416 e. The lowest BCUT2D eigenvalue weighted by molar-refractivity contribution is -0.137. The number of rotatable bonds is 2. The molecule has 4 heterocycles. The molecule has 202 valence electrons. The van der Waals surface area contributed by atoms with Crippen LogP contribution in [-0.2, 0) is 25.7 Å². The van der Waals surface area contributed by atoms with Crippen LogP contribution in [0.5, 0.6) is 5.88 Å². The van der Waals surface area contributed by atoms with Crippen molar-refractivity contribution in [3.63, 3.8) is 0 Å². The van der Waals surface area contributed by atoms with Gasteiger partial charge in [-0.2, -0.15) is 13.2 Å². The van der Waals surface area contributed by atoms with Crippen LogP contribution < -0.4 is 9.46 Å². The third-order valence-electron chi connectivity index (χ3n) is 6.98. The van der Waals surface area contributed by atoms with Gasteiger partial charge >= 0.3 is 12.3 Å². The number of fused-ring (bicyclic) bond motifs is 8. The van der Waals surface area contributed by atoms with Crippen molar-refractivity contribution < 1.29 is 40.6 Å². The molecule has 0 aromatic carbocycles. The van der Waals surface area contributed by atoms with Gasteiger partial charge in [0, 0.05) is 36.2 Å². The van der Waals surface area contributed by atoms with Gasteiger partial charge in [-0.3, -0.25) is 4.90 Å². The third kappa shape index (κ3) is 6.60. The smallest absolute Gasteiger partial charge is 0.416 e. The van der Waals surface area contributed by atoms with Gasteiger partial charge in [-0.05, 0) is 45.1 Å². The average Bonchev–Trinajstić information content (AvgIpc) is 3.09. The summed E-state index contributed by atoms with van der Waals surface area (Å²) in [5, 5.41) is 0. The Labute approximate surface area is 208 Å². The molecular formula is C23H32F3N3O6S. The fraction of sp³-hybridized carbons (Fsp3) is 0.739. The number of carbonyl (C=O) groups excluding carboxylic acids is 1. The highest BCUT2D eigenvalue weighted by atomic mass is 32.2. The molecule has 3 aliphatic heterocycles. The zero-order valence-electron chi connectivity index (χ0n) is 20.3. The molecular weight excluding hydrogens is 503 g/mol. The molecule has 4 bridgehead atoms. The number of nitrogens with zero attached hydrogens (tertiary/aromatic N) is 2. The predicted octanol–water partition coefficient (Wildman–Crippen LogP) is 3.44. The number of hydrogen-bond donors (Lipinski definition) is 1. The number of alkyl halides is 3. The van der Waals surface area contributed by atoms with Crippen molar-refractivity contribution in [2.75, 3.05) is 26.1 Å². The Morgan fingerprint density at radius 2 is 1.81 bits per heavy atom. The largest absolute Gasteiger partial charge is 0.478 e. The van der Waals surface area contributed by atoms with Gasteiger partial charge in [-0.15, -0.1) is 0 Å². The highest BCUT2D eigenvalue weighted by Crippen LogP contribution is 2.38. The molecule has 0 radical (unpaired) electrons. The first-order chi connectivity index (χ1) is 16.9. The molecule has 1 saturated heterocycles. The van der Waals surface area contributed by atoms with Gasteiger partial charge in [0.25, 0.3) is 0 Å². The quantitative estimate of drug-likeness (QED) is 0.618. The van der Waals surface area contributed by atoms with Crippen LogP contribution in [0.2, 0.25) is 0 Å². The molecule has 36 heavy (non-hydrogen) atoms. The molecule has 2 fully saturated rings. The van der Waals surface area contributed by atoms with Crippen LogP contribution in [0.1, 0.15) is 62.6 Å². The maximum absolute atomic E-state index is 13.5. The third-order valence-corrected chi connectivity index (χ3v) is 7.71. The lowest BCUT2D eigenvalue weighted by atomic mass is 9.84. The molecule has 3 atom stereocenters. The molecule has 1 aliphatic carbocycles. The van der Waals surface area contributed by atoms with Crippen LogP contribution in [-0.4, -0.2) is 74.7 Å². The highest BCUT2D eigenvalue weighted by molar-refractivity contribution is 7.88. The van der Waals surface area contributed by atoms with E-state index in [0.29, 0.717) is 37.8 Å². The number of sulfonamides is 1. The second kappa shape index (κ2) is 10.7. The van der Waals surface area contributed by atoms with Crippen LogP contribution >= 0.6 is 0 Å². The first-order valence-corrected chi connectivity index (χ1v) is 14.1. The van der Waals surface area contributed by atoms with E-state index in [1.165, 1.54) is 4.90 Å². The van der Waals surface area contributed by atoms with Crippen LogP contribution in [0.25, 0.3) is 0 Å². The Morgan fingerprint density at radius 1 is 1.11 bits per heavy atom. The van der Waals surface area contributed by atoms with E-state index < -0.39 is 39.9 Å². The number of aromatic nitrogens is 1. The lowest BCUT2D eigenvalue weighted by Crippen LogP contribution is -2.50. The number of pyridine rings is 1. The van der Waals surface area contributed by atoms with Gasteiger partial charge in [0.2, 0.25) is 15.9 Å². The Hall–Kier alpha value is -2.12. The molecule has 1 N–H and O–H groups in total. The fourth-order valence-corrected chi connectivity index (χ4v) is 6.08. The molecule has 0 spiro atoms. The SMILES string of the molecule is CC1CC(NS(C)(=O)=O)C2COC3CCC(CC3)c3cc(C(F)(F)F)cc(n3)OCCCOC(=O)N12. The van der Waals surface area contributed by atoms with Gasteiger partial charge in [0.05, 0.1) is 43.8 Å². The van der Waals surface area contributed by atoms with Crippen LogP contribution in [0.4, 0.5) is 18.0 Å². The minimum Gasteiger partial charge on any atom is -0.478 e.